The Morgan fingerprint density at radius 1 is 0.893 bits per heavy atom. The number of carbonyl (C=O) groups is 1. The lowest BCUT2D eigenvalue weighted by molar-refractivity contribution is -0.115. The van der Waals surface area contributed by atoms with Crippen molar-refractivity contribution in [2.24, 2.45) is 0 Å². The van der Waals surface area contributed by atoms with Gasteiger partial charge in [0.25, 0.3) is 0 Å². The van der Waals surface area contributed by atoms with Crippen LogP contribution in [0.5, 0.6) is 11.5 Å². The Kier molecular flexibility index (Phi) is 5.85. The van der Waals surface area contributed by atoms with Gasteiger partial charge in [0.2, 0.25) is 5.91 Å². The van der Waals surface area contributed by atoms with Crippen LogP contribution in [0.25, 0.3) is 0 Å². The molecule has 2 N–H and O–H groups in total. The van der Waals surface area contributed by atoms with E-state index in [1.165, 1.54) is 24.9 Å². The van der Waals surface area contributed by atoms with Crippen LogP contribution in [0.15, 0.2) is 42.5 Å². The third-order valence-corrected chi connectivity index (χ3v) is 5.10. The fraction of sp³-hybridized carbons (Fsp3) is 0.409. The molecule has 0 saturated carbocycles. The van der Waals surface area contributed by atoms with Crippen molar-refractivity contribution in [3.63, 3.8) is 0 Å². The lowest BCUT2D eigenvalue weighted by atomic mass is 10.1. The summed E-state index contributed by atoms with van der Waals surface area (Å²) in [6, 6.07) is 13.9. The first-order chi connectivity index (χ1) is 13.8. The first kappa shape index (κ1) is 18.5. The molecule has 2 aliphatic heterocycles. The molecule has 1 amide bonds. The van der Waals surface area contributed by atoms with Crippen molar-refractivity contribution in [3.05, 3.63) is 42.5 Å². The summed E-state index contributed by atoms with van der Waals surface area (Å²) in [5.41, 5.74) is 2.99. The minimum absolute atomic E-state index is 0.00392. The maximum atomic E-state index is 12.2. The molecule has 0 spiro atoms. The lowest BCUT2D eigenvalue weighted by Gasteiger charge is -2.28. The van der Waals surface area contributed by atoms with Crippen LogP contribution < -0.4 is 25.0 Å². The van der Waals surface area contributed by atoms with Gasteiger partial charge in [0, 0.05) is 49.2 Å². The maximum absolute atomic E-state index is 12.2. The molecule has 0 bridgehead atoms. The molecule has 4 rings (SSSR count). The highest BCUT2D eigenvalue weighted by atomic mass is 16.6. The molecule has 28 heavy (non-hydrogen) atoms. The third-order valence-electron chi connectivity index (χ3n) is 5.10. The fourth-order valence-corrected chi connectivity index (χ4v) is 3.60. The van der Waals surface area contributed by atoms with Crippen molar-refractivity contribution in [2.45, 2.75) is 25.7 Å². The Balaban J connectivity index is 1.23. The largest absolute Gasteiger partial charge is 0.486 e. The van der Waals surface area contributed by atoms with E-state index < -0.39 is 0 Å². The van der Waals surface area contributed by atoms with E-state index in [9.17, 15) is 4.79 Å². The SMILES string of the molecule is O=C(CCNc1ccc2c(c1)OCCO2)Nc1ccc(N2CCCCC2)cc1. The number of nitrogens with zero attached hydrogens (tertiary/aromatic N) is 1. The standard InChI is InChI=1S/C22H27N3O3/c26-22(10-11-23-18-6-9-20-21(16-18)28-15-14-27-20)24-17-4-7-19(8-5-17)25-12-2-1-3-13-25/h4-9,16,23H,1-3,10-15H2,(H,24,26). The minimum Gasteiger partial charge on any atom is -0.486 e. The van der Waals surface area contributed by atoms with E-state index in [0.29, 0.717) is 26.2 Å². The molecular formula is C22H27N3O3. The number of carbonyl (C=O) groups excluding carboxylic acids is 1. The van der Waals surface area contributed by atoms with Gasteiger partial charge in [-0.1, -0.05) is 0 Å². The summed E-state index contributed by atoms with van der Waals surface area (Å²) in [4.78, 5) is 14.6. The second-order valence-electron chi connectivity index (χ2n) is 7.18. The van der Waals surface area contributed by atoms with Gasteiger partial charge >= 0.3 is 0 Å². The first-order valence-corrected chi connectivity index (χ1v) is 10.1. The summed E-state index contributed by atoms with van der Waals surface area (Å²) in [5, 5.41) is 6.23. The number of ether oxygens (including phenoxy) is 2. The molecule has 0 aliphatic carbocycles. The molecule has 2 aromatic carbocycles. The van der Waals surface area contributed by atoms with Gasteiger partial charge in [0.1, 0.15) is 13.2 Å². The van der Waals surface area contributed by atoms with Crippen molar-refractivity contribution in [1.29, 1.82) is 0 Å². The molecule has 148 valence electrons. The number of anilines is 3. The number of piperidine rings is 1. The van der Waals surface area contributed by atoms with Crippen LogP contribution in [0.3, 0.4) is 0 Å². The van der Waals surface area contributed by atoms with Gasteiger partial charge in [-0.3, -0.25) is 4.79 Å². The molecule has 2 heterocycles. The van der Waals surface area contributed by atoms with Gasteiger partial charge in [-0.25, -0.2) is 0 Å². The predicted octanol–water partition coefficient (Wildman–Crippen LogP) is 3.89. The van der Waals surface area contributed by atoms with Crippen LogP contribution >= 0.6 is 0 Å². The van der Waals surface area contributed by atoms with E-state index >= 15 is 0 Å². The quantitative estimate of drug-likeness (QED) is 0.795. The Morgan fingerprint density at radius 3 is 2.39 bits per heavy atom. The molecule has 0 radical (unpaired) electrons. The zero-order valence-corrected chi connectivity index (χ0v) is 16.1. The molecule has 1 fully saturated rings. The minimum atomic E-state index is -0.00392. The van der Waals surface area contributed by atoms with Gasteiger partial charge in [-0.05, 0) is 55.7 Å². The van der Waals surface area contributed by atoms with Crippen LogP contribution in [0.1, 0.15) is 25.7 Å². The highest BCUT2D eigenvalue weighted by molar-refractivity contribution is 5.91. The molecule has 6 heteroatoms. The Labute approximate surface area is 165 Å². The topological polar surface area (TPSA) is 62.8 Å². The molecule has 6 nitrogen and oxygen atoms in total. The van der Waals surface area contributed by atoms with E-state index in [1.54, 1.807) is 0 Å². The number of hydrogen-bond donors (Lipinski definition) is 2. The van der Waals surface area contributed by atoms with Gasteiger partial charge < -0.3 is 25.0 Å². The fourth-order valence-electron chi connectivity index (χ4n) is 3.60. The molecule has 2 aromatic rings. The van der Waals surface area contributed by atoms with Crippen molar-refractivity contribution in [2.75, 3.05) is 48.4 Å². The summed E-state index contributed by atoms with van der Waals surface area (Å²) >= 11 is 0. The van der Waals surface area contributed by atoms with Crippen molar-refractivity contribution < 1.29 is 14.3 Å². The summed E-state index contributed by atoms with van der Waals surface area (Å²) in [6.07, 6.45) is 4.23. The zero-order chi connectivity index (χ0) is 19.2. The third kappa shape index (κ3) is 4.68. The molecule has 2 aliphatic rings. The second-order valence-corrected chi connectivity index (χ2v) is 7.18. The highest BCUT2D eigenvalue weighted by Crippen LogP contribution is 2.32. The Hall–Kier alpha value is -2.89. The molecule has 0 unspecified atom stereocenters. The normalized spacial score (nSPS) is 15.8. The van der Waals surface area contributed by atoms with E-state index in [1.807, 2.05) is 30.3 Å². The predicted molar refractivity (Wildman–Crippen MR) is 112 cm³/mol. The number of nitrogens with one attached hydrogen (secondary N) is 2. The smallest absolute Gasteiger partial charge is 0.226 e. The van der Waals surface area contributed by atoms with Crippen molar-refractivity contribution >= 4 is 23.0 Å². The first-order valence-electron chi connectivity index (χ1n) is 10.1. The van der Waals surface area contributed by atoms with E-state index in [2.05, 4.69) is 27.7 Å². The Bertz CT molecular complexity index is 801. The van der Waals surface area contributed by atoms with Gasteiger partial charge in [-0.2, -0.15) is 0 Å². The van der Waals surface area contributed by atoms with Gasteiger partial charge in [-0.15, -0.1) is 0 Å². The molecular weight excluding hydrogens is 354 g/mol. The van der Waals surface area contributed by atoms with Gasteiger partial charge in [0.15, 0.2) is 11.5 Å². The monoisotopic (exact) mass is 381 g/mol. The average molecular weight is 381 g/mol. The maximum Gasteiger partial charge on any atom is 0.226 e. The second kappa shape index (κ2) is 8.87. The zero-order valence-electron chi connectivity index (χ0n) is 16.1. The summed E-state index contributed by atoms with van der Waals surface area (Å²) in [6.45, 7) is 3.94. The van der Waals surface area contributed by atoms with Crippen molar-refractivity contribution in [1.82, 2.24) is 0 Å². The summed E-state index contributed by atoms with van der Waals surface area (Å²) in [7, 11) is 0. The number of fused-ring (bicyclic) bond motifs is 1. The number of rotatable bonds is 6. The van der Waals surface area contributed by atoms with Gasteiger partial charge in [0.05, 0.1) is 0 Å². The van der Waals surface area contributed by atoms with Crippen LogP contribution in [-0.2, 0) is 4.79 Å². The van der Waals surface area contributed by atoms with Crippen LogP contribution in [0.2, 0.25) is 0 Å². The van der Waals surface area contributed by atoms with E-state index in [-0.39, 0.29) is 5.91 Å². The Morgan fingerprint density at radius 2 is 1.61 bits per heavy atom. The molecule has 0 aromatic heterocycles. The number of amides is 1. The van der Waals surface area contributed by atoms with Crippen LogP contribution in [0, 0.1) is 0 Å². The van der Waals surface area contributed by atoms with Crippen molar-refractivity contribution in [3.8, 4) is 11.5 Å². The average Bonchev–Trinajstić information content (AvgIpc) is 2.75. The number of hydrogen-bond acceptors (Lipinski definition) is 5. The van der Waals surface area contributed by atoms with E-state index in [0.717, 1.165) is 36.0 Å². The van der Waals surface area contributed by atoms with Crippen LogP contribution in [-0.4, -0.2) is 38.8 Å². The summed E-state index contributed by atoms with van der Waals surface area (Å²) in [5.74, 6) is 1.51. The molecule has 1 saturated heterocycles. The summed E-state index contributed by atoms with van der Waals surface area (Å²) < 4.78 is 11.1. The van der Waals surface area contributed by atoms with E-state index in [4.69, 9.17) is 9.47 Å². The number of benzene rings is 2. The van der Waals surface area contributed by atoms with Crippen LogP contribution in [0.4, 0.5) is 17.1 Å². The highest BCUT2D eigenvalue weighted by Gasteiger charge is 2.12. The molecule has 0 atom stereocenters. The lowest BCUT2D eigenvalue weighted by Crippen LogP contribution is -2.29.